The highest BCUT2D eigenvalue weighted by Crippen LogP contribution is 2.15. The minimum absolute atomic E-state index is 0.678. The number of hydrogen-bond acceptors (Lipinski definition) is 2. The summed E-state index contributed by atoms with van der Waals surface area (Å²) in [6.45, 7) is 5.65. The van der Waals surface area contributed by atoms with Gasteiger partial charge in [0.2, 0.25) is 0 Å². The highest BCUT2D eigenvalue weighted by Gasteiger charge is 2.12. The van der Waals surface area contributed by atoms with E-state index in [1.165, 1.54) is 5.69 Å². The van der Waals surface area contributed by atoms with Gasteiger partial charge in [0, 0.05) is 13.2 Å². The highest BCUT2D eigenvalue weighted by molar-refractivity contribution is 4.99. The SMILES string of the molecule is CNCC(C)C(C)Cc1ccn(C)n1. The molecule has 2 unspecified atom stereocenters. The van der Waals surface area contributed by atoms with E-state index in [9.17, 15) is 0 Å². The number of aryl methyl sites for hydroxylation is 1. The fourth-order valence-electron chi connectivity index (χ4n) is 1.63. The Morgan fingerprint density at radius 2 is 2.14 bits per heavy atom. The minimum Gasteiger partial charge on any atom is -0.319 e. The van der Waals surface area contributed by atoms with Gasteiger partial charge in [-0.2, -0.15) is 5.10 Å². The second kappa shape index (κ2) is 5.15. The Kier molecular flexibility index (Phi) is 4.14. The summed E-state index contributed by atoms with van der Waals surface area (Å²) < 4.78 is 1.87. The van der Waals surface area contributed by atoms with Crippen LogP contribution in [-0.2, 0) is 13.5 Å². The van der Waals surface area contributed by atoms with E-state index in [4.69, 9.17) is 0 Å². The van der Waals surface area contributed by atoms with Gasteiger partial charge in [-0.3, -0.25) is 4.68 Å². The maximum absolute atomic E-state index is 4.39. The predicted molar refractivity (Wildman–Crippen MR) is 59.2 cm³/mol. The Morgan fingerprint density at radius 3 is 2.64 bits per heavy atom. The first-order chi connectivity index (χ1) is 6.63. The van der Waals surface area contributed by atoms with Crippen LogP contribution in [0.5, 0.6) is 0 Å². The summed E-state index contributed by atoms with van der Waals surface area (Å²) in [4.78, 5) is 0. The maximum Gasteiger partial charge on any atom is 0.0627 e. The maximum atomic E-state index is 4.39. The molecule has 2 atom stereocenters. The van der Waals surface area contributed by atoms with E-state index < -0.39 is 0 Å². The van der Waals surface area contributed by atoms with Crippen molar-refractivity contribution in [1.82, 2.24) is 15.1 Å². The van der Waals surface area contributed by atoms with Crippen LogP contribution in [0.1, 0.15) is 19.5 Å². The highest BCUT2D eigenvalue weighted by atomic mass is 15.2. The predicted octanol–water partition coefficient (Wildman–Crippen LogP) is 1.45. The monoisotopic (exact) mass is 195 g/mol. The molecule has 80 valence electrons. The molecule has 0 bridgehead atoms. The fourth-order valence-corrected chi connectivity index (χ4v) is 1.63. The van der Waals surface area contributed by atoms with Gasteiger partial charge >= 0.3 is 0 Å². The Labute approximate surface area is 86.5 Å². The number of rotatable bonds is 5. The summed E-state index contributed by atoms with van der Waals surface area (Å²) in [5, 5.41) is 7.60. The van der Waals surface area contributed by atoms with Crippen molar-refractivity contribution in [2.24, 2.45) is 18.9 Å². The van der Waals surface area contributed by atoms with Gasteiger partial charge in [0.25, 0.3) is 0 Å². The normalized spacial score (nSPS) is 15.4. The Balaban J connectivity index is 2.43. The lowest BCUT2D eigenvalue weighted by Gasteiger charge is -2.18. The number of nitrogens with one attached hydrogen (secondary N) is 1. The van der Waals surface area contributed by atoms with Crippen LogP contribution in [0.2, 0.25) is 0 Å². The van der Waals surface area contributed by atoms with Crippen LogP contribution in [0.4, 0.5) is 0 Å². The molecule has 14 heavy (non-hydrogen) atoms. The van der Waals surface area contributed by atoms with Crippen molar-refractivity contribution in [3.8, 4) is 0 Å². The van der Waals surface area contributed by atoms with Gasteiger partial charge in [0.05, 0.1) is 5.69 Å². The first kappa shape index (κ1) is 11.2. The van der Waals surface area contributed by atoms with Crippen molar-refractivity contribution >= 4 is 0 Å². The summed E-state index contributed by atoms with van der Waals surface area (Å²) in [6.07, 6.45) is 3.08. The van der Waals surface area contributed by atoms with Gasteiger partial charge in [-0.15, -0.1) is 0 Å². The standard InChI is InChI=1S/C11H21N3/c1-9(10(2)8-12-3)7-11-5-6-14(4)13-11/h5-6,9-10,12H,7-8H2,1-4H3. The molecular formula is C11H21N3. The molecule has 0 spiro atoms. The van der Waals surface area contributed by atoms with Crippen LogP contribution >= 0.6 is 0 Å². The smallest absolute Gasteiger partial charge is 0.0627 e. The van der Waals surface area contributed by atoms with Crippen molar-refractivity contribution in [2.75, 3.05) is 13.6 Å². The molecule has 3 nitrogen and oxygen atoms in total. The summed E-state index contributed by atoms with van der Waals surface area (Å²) in [7, 11) is 3.97. The third kappa shape index (κ3) is 3.14. The average Bonchev–Trinajstić information content (AvgIpc) is 2.51. The van der Waals surface area contributed by atoms with Crippen LogP contribution in [0, 0.1) is 11.8 Å². The van der Waals surface area contributed by atoms with Crippen molar-refractivity contribution in [3.05, 3.63) is 18.0 Å². The third-order valence-corrected chi connectivity index (χ3v) is 2.80. The molecule has 1 aromatic rings. The minimum atomic E-state index is 0.678. The quantitative estimate of drug-likeness (QED) is 0.770. The van der Waals surface area contributed by atoms with Crippen LogP contribution in [0.15, 0.2) is 12.3 Å². The molecule has 0 saturated carbocycles. The first-order valence-corrected chi connectivity index (χ1v) is 5.26. The van der Waals surface area contributed by atoms with Gasteiger partial charge in [-0.1, -0.05) is 13.8 Å². The van der Waals surface area contributed by atoms with E-state index in [2.05, 4.69) is 30.3 Å². The lowest BCUT2D eigenvalue weighted by Crippen LogP contribution is -2.23. The molecule has 0 aliphatic heterocycles. The van der Waals surface area contributed by atoms with E-state index >= 15 is 0 Å². The second-order valence-corrected chi connectivity index (χ2v) is 4.20. The molecule has 0 amide bonds. The van der Waals surface area contributed by atoms with E-state index in [1.807, 2.05) is 25.0 Å². The van der Waals surface area contributed by atoms with Gasteiger partial charge in [-0.25, -0.2) is 0 Å². The van der Waals surface area contributed by atoms with E-state index in [-0.39, 0.29) is 0 Å². The van der Waals surface area contributed by atoms with E-state index in [0.29, 0.717) is 11.8 Å². The molecule has 3 heteroatoms. The molecule has 0 radical (unpaired) electrons. The number of hydrogen-bond donors (Lipinski definition) is 1. The Bertz CT molecular complexity index is 267. The Hall–Kier alpha value is -0.830. The van der Waals surface area contributed by atoms with Gasteiger partial charge in [-0.05, 0) is 37.9 Å². The molecule has 0 aliphatic rings. The summed E-state index contributed by atoms with van der Waals surface area (Å²) in [5.74, 6) is 1.37. The molecule has 1 rings (SSSR count). The lowest BCUT2D eigenvalue weighted by atomic mass is 9.91. The van der Waals surface area contributed by atoms with Gasteiger partial charge in [0.15, 0.2) is 0 Å². The number of nitrogens with zero attached hydrogens (tertiary/aromatic N) is 2. The second-order valence-electron chi connectivity index (χ2n) is 4.20. The fraction of sp³-hybridized carbons (Fsp3) is 0.727. The van der Waals surface area contributed by atoms with Crippen LogP contribution in [-0.4, -0.2) is 23.4 Å². The summed E-state index contributed by atoms with van der Waals surface area (Å²) in [6, 6.07) is 2.10. The lowest BCUT2D eigenvalue weighted by molar-refractivity contribution is 0.371. The largest absolute Gasteiger partial charge is 0.319 e. The van der Waals surface area contributed by atoms with Crippen LogP contribution in [0.3, 0.4) is 0 Å². The molecule has 1 aromatic heterocycles. The Morgan fingerprint density at radius 1 is 1.43 bits per heavy atom. The van der Waals surface area contributed by atoms with Gasteiger partial charge < -0.3 is 5.32 Å². The van der Waals surface area contributed by atoms with Gasteiger partial charge in [0.1, 0.15) is 0 Å². The molecule has 0 saturated heterocycles. The molecular weight excluding hydrogens is 174 g/mol. The van der Waals surface area contributed by atoms with Crippen molar-refractivity contribution < 1.29 is 0 Å². The third-order valence-electron chi connectivity index (χ3n) is 2.80. The topological polar surface area (TPSA) is 29.9 Å². The zero-order valence-electron chi connectivity index (χ0n) is 9.62. The van der Waals surface area contributed by atoms with E-state index in [1.54, 1.807) is 0 Å². The zero-order chi connectivity index (χ0) is 10.6. The summed E-state index contributed by atoms with van der Waals surface area (Å²) >= 11 is 0. The van der Waals surface area contributed by atoms with Crippen molar-refractivity contribution in [2.45, 2.75) is 20.3 Å². The molecule has 0 aromatic carbocycles. The summed E-state index contributed by atoms with van der Waals surface area (Å²) in [5.41, 5.74) is 1.20. The molecule has 1 N–H and O–H groups in total. The molecule has 0 fully saturated rings. The van der Waals surface area contributed by atoms with Crippen LogP contribution < -0.4 is 5.32 Å². The zero-order valence-corrected chi connectivity index (χ0v) is 9.62. The first-order valence-electron chi connectivity index (χ1n) is 5.26. The van der Waals surface area contributed by atoms with Crippen molar-refractivity contribution in [3.63, 3.8) is 0 Å². The van der Waals surface area contributed by atoms with Crippen LogP contribution in [0.25, 0.3) is 0 Å². The number of aromatic nitrogens is 2. The molecule has 0 aliphatic carbocycles. The molecule has 1 heterocycles. The van der Waals surface area contributed by atoms with E-state index in [0.717, 1.165) is 13.0 Å². The van der Waals surface area contributed by atoms with Crippen molar-refractivity contribution in [1.29, 1.82) is 0 Å². The average molecular weight is 195 g/mol.